The topological polar surface area (TPSA) is 63.0 Å². The van der Waals surface area contributed by atoms with Gasteiger partial charge in [0, 0.05) is 17.6 Å². The molecule has 1 amide bonds. The number of hydrogen-bond donors (Lipinski definition) is 0. The Morgan fingerprint density at radius 2 is 1.90 bits per heavy atom. The Bertz CT molecular complexity index is 1190. The lowest BCUT2D eigenvalue weighted by Crippen LogP contribution is -2.37. The molecule has 1 aliphatic heterocycles. The van der Waals surface area contributed by atoms with Gasteiger partial charge in [0.25, 0.3) is 5.91 Å². The molecule has 0 spiro atoms. The predicted molar refractivity (Wildman–Crippen MR) is 124 cm³/mol. The summed E-state index contributed by atoms with van der Waals surface area (Å²) in [6.07, 6.45) is 0. The van der Waals surface area contributed by atoms with Crippen molar-refractivity contribution >= 4 is 32.8 Å². The van der Waals surface area contributed by atoms with Crippen LogP contribution >= 0.6 is 15.9 Å². The van der Waals surface area contributed by atoms with Crippen LogP contribution in [0.2, 0.25) is 0 Å². The van der Waals surface area contributed by atoms with Crippen LogP contribution in [-0.4, -0.2) is 49.0 Å². The third kappa shape index (κ3) is 3.88. The zero-order valence-electron chi connectivity index (χ0n) is 17.9. The monoisotopic (exact) mass is 484 g/mol. The first-order valence-corrected chi connectivity index (χ1v) is 11.2. The van der Waals surface area contributed by atoms with E-state index in [2.05, 4.69) is 34.7 Å². The van der Waals surface area contributed by atoms with E-state index in [0.29, 0.717) is 35.4 Å². The van der Waals surface area contributed by atoms with Crippen molar-refractivity contribution in [1.82, 2.24) is 9.80 Å². The minimum Gasteiger partial charge on any atom is -0.497 e. The number of ether oxygens (including phenoxy) is 1. The lowest BCUT2D eigenvalue weighted by Gasteiger charge is -2.28. The fourth-order valence-electron chi connectivity index (χ4n) is 4.17. The molecule has 31 heavy (non-hydrogen) atoms. The van der Waals surface area contributed by atoms with Crippen LogP contribution in [0.4, 0.5) is 0 Å². The van der Waals surface area contributed by atoms with Crippen LogP contribution in [-0.2, 0) is 0 Å². The quantitative estimate of drug-likeness (QED) is 0.495. The first-order valence-electron chi connectivity index (χ1n) is 10.4. The van der Waals surface area contributed by atoms with Crippen LogP contribution in [0.25, 0.3) is 11.0 Å². The molecule has 0 unspecified atom stereocenters. The molecule has 2 aromatic carbocycles. The zero-order valence-corrected chi connectivity index (χ0v) is 19.4. The predicted octanol–water partition coefficient (Wildman–Crippen LogP) is 4.45. The summed E-state index contributed by atoms with van der Waals surface area (Å²) in [6, 6.07) is 12.3. The van der Waals surface area contributed by atoms with Crippen molar-refractivity contribution in [1.29, 1.82) is 0 Å². The molecule has 1 atom stereocenters. The molecule has 0 bridgehead atoms. The number of halogens is 1. The van der Waals surface area contributed by atoms with Gasteiger partial charge >= 0.3 is 0 Å². The van der Waals surface area contributed by atoms with Crippen molar-refractivity contribution in [2.45, 2.75) is 19.9 Å². The molecule has 0 N–H and O–H groups in total. The van der Waals surface area contributed by atoms with Crippen molar-refractivity contribution < 1.29 is 13.9 Å². The molecule has 0 aliphatic carbocycles. The number of hydrogen-bond acceptors (Lipinski definition) is 5. The fraction of sp³-hybridized carbons (Fsp3) is 0.333. The van der Waals surface area contributed by atoms with Crippen molar-refractivity contribution in [3.05, 3.63) is 74.0 Å². The summed E-state index contributed by atoms with van der Waals surface area (Å²) in [5, 5.41) is 0.458. The molecule has 2 heterocycles. The van der Waals surface area contributed by atoms with Gasteiger partial charge in [0.1, 0.15) is 11.3 Å². The fourth-order valence-corrected chi connectivity index (χ4v) is 4.53. The van der Waals surface area contributed by atoms with E-state index in [9.17, 15) is 9.59 Å². The van der Waals surface area contributed by atoms with Gasteiger partial charge in [0.05, 0.1) is 24.1 Å². The molecule has 0 radical (unpaired) electrons. The van der Waals surface area contributed by atoms with Gasteiger partial charge in [-0.3, -0.25) is 9.59 Å². The Morgan fingerprint density at radius 1 is 1.13 bits per heavy atom. The van der Waals surface area contributed by atoms with Crippen molar-refractivity contribution in [2.24, 2.45) is 0 Å². The van der Waals surface area contributed by atoms with Gasteiger partial charge in [0.2, 0.25) is 5.76 Å². The molecule has 6 nitrogen and oxygen atoms in total. The van der Waals surface area contributed by atoms with Gasteiger partial charge in [-0.1, -0.05) is 41.9 Å². The molecular formula is C24H25BrN2O4. The van der Waals surface area contributed by atoms with Gasteiger partial charge in [-0.25, -0.2) is 0 Å². The standard InChI is InChI=1S/C24H25BrN2O4/c1-4-26(5-2)11-12-27-21(15-7-6-8-17(13-15)30-3)20-22(28)18-14-16(25)9-10-19(18)31-23(20)24(27)29/h6-10,13-14,21H,4-5,11-12H2,1-3H3/t21-/m0/s1. The maximum atomic E-state index is 13.6. The third-order valence-electron chi connectivity index (χ3n) is 5.89. The molecule has 4 rings (SSSR count). The number of benzene rings is 2. The van der Waals surface area contributed by atoms with Crippen LogP contribution in [0.1, 0.15) is 41.6 Å². The number of amides is 1. The SMILES string of the molecule is CCN(CC)CCN1C(=O)c2oc3ccc(Br)cc3c(=O)c2[C@@H]1c1cccc(OC)c1. The lowest BCUT2D eigenvalue weighted by atomic mass is 9.98. The number of nitrogens with zero attached hydrogens (tertiary/aromatic N) is 2. The highest BCUT2D eigenvalue weighted by atomic mass is 79.9. The second kappa shape index (κ2) is 8.85. The van der Waals surface area contributed by atoms with Crippen LogP contribution in [0.5, 0.6) is 5.75 Å². The second-order valence-corrected chi connectivity index (χ2v) is 8.43. The lowest BCUT2D eigenvalue weighted by molar-refractivity contribution is 0.0708. The second-order valence-electron chi connectivity index (χ2n) is 7.52. The van der Waals surface area contributed by atoms with E-state index in [0.717, 1.165) is 23.1 Å². The highest BCUT2D eigenvalue weighted by molar-refractivity contribution is 9.10. The van der Waals surface area contributed by atoms with E-state index in [4.69, 9.17) is 9.15 Å². The van der Waals surface area contributed by atoms with Crippen molar-refractivity contribution in [3.8, 4) is 5.75 Å². The molecule has 3 aromatic rings. The number of carbonyl (C=O) groups excluding carboxylic acids is 1. The average molecular weight is 485 g/mol. The molecule has 0 saturated carbocycles. The highest BCUT2D eigenvalue weighted by Crippen LogP contribution is 2.39. The Balaban J connectivity index is 1.89. The van der Waals surface area contributed by atoms with E-state index in [1.54, 1.807) is 30.2 Å². The van der Waals surface area contributed by atoms with E-state index >= 15 is 0 Å². The average Bonchev–Trinajstić information content (AvgIpc) is 3.07. The largest absolute Gasteiger partial charge is 0.497 e. The van der Waals surface area contributed by atoms with E-state index in [1.807, 2.05) is 24.3 Å². The van der Waals surface area contributed by atoms with Gasteiger partial charge in [0.15, 0.2) is 5.43 Å². The summed E-state index contributed by atoms with van der Waals surface area (Å²) in [5.74, 6) is 0.555. The number of rotatable bonds is 7. The van der Waals surface area contributed by atoms with Gasteiger partial charge < -0.3 is 19.0 Å². The smallest absolute Gasteiger partial charge is 0.290 e. The Hall–Kier alpha value is -2.64. The Kier molecular flexibility index (Phi) is 6.16. The molecule has 0 saturated heterocycles. The first-order chi connectivity index (χ1) is 15.0. The third-order valence-corrected chi connectivity index (χ3v) is 6.38. The van der Waals surface area contributed by atoms with Crippen molar-refractivity contribution in [3.63, 3.8) is 0 Å². The molecule has 162 valence electrons. The van der Waals surface area contributed by atoms with E-state index < -0.39 is 6.04 Å². The number of likely N-dealkylation sites (N-methyl/N-ethyl adjacent to an activating group) is 1. The normalized spacial score (nSPS) is 15.7. The summed E-state index contributed by atoms with van der Waals surface area (Å²) in [6.45, 7) is 7.19. The van der Waals surface area contributed by atoms with Gasteiger partial charge in [-0.05, 0) is 49.0 Å². The summed E-state index contributed by atoms with van der Waals surface area (Å²) in [4.78, 5) is 31.0. The van der Waals surface area contributed by atoms with E-state index in [1.165, 1.54) is 0 Å². The number of methoxy groups -OCH3 is 1. The molecule has 0 fully saturated rings. The van der Waals surface area contributed by atoms with Crippen LogP contribution in [0, 0.1) is 0 Å². The Labute approximate surface area is 189 Å². The number of fused-ring (bicyclic) bond motifs is 2. The molecule has 1 aliphatic rings. The highest BCUT2D eigenvalue weighted by Gasteiger charge is 2.42. The zero-order chi connectivity index (χ0) is 22.1. The van der Waals surface area contributed by atoms with Crippen LogP contribution in [0.15, 0.2) is 56.1 Å². The van der Waals surface area contributed by atoms with Crippen LogP contribution < -0.4 is 10.2 Å². The number of carbonyl (C=O) groups is 1. The maximum absolute atomic E-state index is 13.6. The minimum atomic E-state index is -0.521. The van der Waals surface area contributed by atoms with Crippen LogP contribution in [0.3, 0.4) is 0 Å². The minimum absolute atomic E-state index is 0.132. The molecule has 1 aromatic heterocycles. The molecule has 7 heteroatoms. The molecular weight excluding hydrogens is 460 g/mol. The maximum Gasteiger partial charge on any atom is 0.290 e. The first kappa shape index (κ1) is 21.6. The van der Waals surface area contributed by atoms with Gasteiger partial charge in [-0.15, -0.1) is 0 Å². The van der Waals surface area contributed by atoms with Gasteiger partial charge in [-0.2, -0.15) is 0 Å². The van der Waals surface area contributed by atoms with E-state index in [-0.39, 0.29) is 17.1 Å². The van der Waals surface area contributed by atoms with Crippen molar-refractivity contribution in [2.75, 3.05) is 33.3 Å². The summed E-state index contributed by atoms with van der Waals surface area (Å²) >= 11 is 3.43. The summed E-state index contributed by atoms with van der Waals surface area (Å²) in [7, 11) is 1.60. The summed E-state index contributed by atoms with van der Waals surface area (Å²) in [5.41, 5.74) is 1.45. The Morgan fingerprint density at radius 3 is 2.61 bits per heavy atom. The summed E-state index contributed by atoms with van der Waals surface area (Å²) < 4.78 is 12.2.